The Labute approximate surface area is 120 Å². The van der Waals surface area contributed by atoms with Gasteiger partial charge in [0, 0.05) is 6.42 Å². The average Bonchev–Trinajstić information content (AvgIpc) is 2.92. The molecule has 2 rings (SSSR count). The molecule has 1 aromatic heterocycles. The van der Waals surface area contributed by atoms with Gasteiger partial charge in [0.15, 0.2) is 0 Å². The summed E-state index contributed by atoms with van der Waals surface area (Å²) in [4.78, 5) is 26.3. The van der Waals surface area contributed by atoms with Crippen LogP contribution in [-0.4, -0.2) is 15.8 Å². The molecule has 0 atom stereocenters. The molecule has 8 nitrogen and oxygen atoms in total. The standard InChI is InChI=1S/C13H14N4O4/c1-2-8-6-15-11(21-8)7-16-13(18)9-4-3-5-10(14)12(9)17(19)20/h3-6H,2,7,14H2,1H3,(H,16,18). The Bertz CT molecular complexity index is 681. The summed E-state index contributed by atoms with van der Waals surface area (Å²) >= 11 is 0. The molecule has 8 heteroatoms. The predicted octanol–water partition coefficient (Wildman–Crippen LogP) is 1.66. The fraction of sp³-hybridized carbons (Fsp3) is 0.231. The van der Waals surface area contributed by atoms with E-state index in [1.165, 1.54) is 18.2 Å². The number of rotatable bonds is 5. The Balaban J connectivity index is 2.14. The van der Waals surface area contributed by atoms with Gasteiger partial charge in [-0.05, 0) is 12.1 Å². The van der Waals surface area contributed by atoms with Gasteiger partial charge in [-0.3, -0.25) is 14.9 Å². The molecule has 2 aromatic rings. The number of aromatic nitrogens is 1. The number of amides is 1. The van der Waals surface area contributed by atoms with Crippen LogP contribution in [0.2, 0.25) is 0 Å². The van der Waals surface area contributed by atoms with E-state index in [0.717, 1.165) is 0 Å². The van der Waals surface area contributed by atoms with E-state index >= 15 is 0 Å². The van der Waals surface area contributed by atoms with E-state index in [1.807, 2.05) is 6.92 Å². The molecule has 0 aliphatic rings. The molecule has 0 unspecified atom stereocenters. The Kier molecular flexibility index (Phi) is 4.17. The van der Waals surface area contributed by atoms with Gasteiger partial charge < -0.3 is 15.5 Å². The highest BCUT2D eigenvalue weighted by Crippen LogP contribution is 2.25. The molecule has 21 heavy (non-hydrogen) atoms. The Morgan fingerprint density at radius 1 is 1.52 bits per heavy atom. The zero-order valence-electron chi connectivity index (χ0n) is 11.3. The van der Waals surface area contributed by atoms with Gasteiger partial charge >= 0.3 is 5.69 Å². The minimum Gasteiger partial charge on any atom is -0.444 e. The summed E-state index contributed by atoms with van der Waals surface area (Å²) < 4.78 is 5.34. The van der Waals surface area contributed by atoms with Gasteiger partial charge in [0.1, 0.15) is 17.0 Å². The molecular weight excluding hydrogens is 276 g/mol. The first-order valence-corrected chi connectivity index (χ1v) is 6.27. The second-order valence-corrected chi connectivity index (χ2v) is 4.26. The number of nitrogens with one attached hydrogen (secondary N) is 1. The Hall–Kier alpha value is -2.90. The van der Waals surface area contributed by atoms with E-state index in [1.54, 1.807) is 6.20 Å². The fourth-order valence-corrected chi connectivity index (χ4v) is 1.79. The molecule has 1 amide bonds. The van der Waals surface area contributed by atoms with Crippen LogP contribution in [0.25, 0.3) is 0 Å². The van der Waals surface area contributed by atoms with E-state index in [-0.39, 0.29) is 17.8 Å². The molecule has 3 N–H and O–H groups in total. The molecule has 0 bridgehead atoms. The summed E-state index contributed by atoms with van der Waals surface area (Å²) in [6.45, 7) is 1.96. The van der Waals surface area contributed by atoms with Gasteiger partial charge in [0.05, 0.1) is 17.7 Å². The Morgan fingerprint density at radius 3 is 2.90 bits per heavy atom. The monoisotopic (exact) mass is 290 g/mol. The van der Waals surface area contributed by atoms with E-state index in [0.29, 0.717) is 18.1 Å². The normalized spacial score (nSPS) is 10.3. The van der Waals surface area contributed by atoms with Crippen LogP contribution in [0.4, 0.5) is 11.4 Å². The van der Waals surface area contributed by atoms with Crippen molar-refractivity contribution >= 4 is 17.3 Å². The summed E-state index contributed by atoms with van der Waals surface area (Å²) in [6.07, 6.45) is 2.27. The van der Waals surface area contributed by atoms with Gasteiger partial charge in [0.2, 0.25) is 5.89 Å². The number of anilines is 1. The first-order valence-electron chi connectivity index (χ1n) is 6.27. The van der Waals surface area contributed by atoms with Gasteiger partial charge in [-0.25, -0.2) is 4.98 Å². The first-order chi connectivity index (χ1) is 10.0. The first kappa shape index (κ1) is 14.5. The van der Waals surface area contributed by atoms with Crippen molar-refractivity contribution in [1.29, 1.82) is 0 Å². The number of nitrogens with two attached hydrogens (primary N) is 1. The minimum atomic E-state index is -0.676. The fourth-order valence-electron chi connectivity index (χ4n) is 1.79. The van der Waals surface area contributed by atoms with Crippen molar-refractivity contribution in [1.82, 2.24) is 10.3 Å². The number of oxazole rings is 1. The van der Waals surface area contributed by atoms with Crippen LogP contribution in [0.3, 0.4) is 0 Å². The molecule has 0 spiro atoms. The summed E-state index contributed by atoms with van der Waals surface area (Å²) in [7, 11) is 0. The molecule has 0 aliphatic heterocycles. The lowest BCUT2D eigenvalue weighted by Crippen LogP contribution is -2.24. The third-order valence-electron chi connectivity index (χ3n) is 2.84. The number of nitrogens with zero attached hydrogens (tertiary/aromatic N) is 2. The molecule has 110 valence electrons. The predicted molar refractivity (Wildman–Crippen MR) is 74.6 cm³/mol. The molecule has 1 aromatic carbocycles. The lowest BCUT2D eigenvalue weighted by Gasteiger charge is -2.05. The summed E-state index contributed by atoms with van der Waals surface area (Å²) in [5, 5.41) is 13.5. The summed E-state index contributed by atoms with van der Waals surface area (Å²) in [5.41, 5.74) is 4.98. The maximum absolute atomic E-state index is 12.0. The van der Waals surface area contributed by atoms with Crippen LogP contribution >= 0.6 is 0 Å². The maximum Gasteiger partial charge on any atom is 0.304 e. The number of para-hydroxylation sites is 1. The number of aryl methyl sites for hydroxylation is 1. The van der Waals surface area contributed by atoms with E-state index in [4.69, 9.17) is 10.2 Å². The van der Waals surface area contributed by atoms with Crippen LogP contribution < -0.4 is 11.1 Å². The van der Waals surface area contributed by atoms with Crippen molar-refractivity contribution in [3.8, 4) is 0 Å². The molecule has 0 saturated carbocycles. The Morgan fingerprint density at radius 2 is 2.29 bits per heavy atom. The quantitative estimate of drug-likeness (QED) is 0.490. The van der Waals surface area contributed by atoms with Crippen molar-refractivity contribution in [3.05, 3.63) is 51.7 Å². The van der Waals surface area contributed by atoms with Gasteiger partial charge in [0.25, 0.3) is 5.91 Å². The molecule has 0 saturated heterocycles. The van der Waals surface area contributed by atoms with E-state index in [9.17, 15) is 14.9 Å². The number of carbonyl (C=O) groups is 1. The van der Waals surface area contributed by atoms with Crippen LogP contribution in [-0.2, 0) is 13.0 Å². The van der Waals surface area contributed by atoms with Crippen molar-refractivity contribution in [3.63, 3.8) is 0 Å². The summed E-state index contributed by atoms with van der Waals surface area (Å²) in [5.74, 6) is 0.436. The van der Waals surface area contributed by atoms with Crippen LogP contribution in [0.5, 0.6) is 0 Å². The molecule has 0 aliphatic carbocycles. The highest BCUT2D eigenvalue weighted by molar-refractivity contribution is 6.00. The number of nitro benzene ring substituents is 1. The molecule has 0 radical (unpaired) electrons. The van der Waals surface area contributed by atoms with Gasteiger partial charge in [-0.2, -0.15) is 0 Å². The minimum absolute atomic E-state index is 0.0464. The number of hydrogen-bond donors (Lipinski definition) is 2. The summed E-state index contributed by atoms with van der Waals surface area (Å²) in [6, 6.07) is 4.20. The van der Waals surface area contributed by atoms with Crippen LogP contribution in [0, 0.1) is 10.1 Å². The topological polar surface area (TPSA) is 124 Å². The smallest absolute Gasteiger partial charge is 0.304 e. The van der Waals surface area contributed by atoms with Gasteiger partial charge in [-0.15, -0.1) is 0 Å². The largest absolute Gasteiger partial charge is 0.444 e. The van der Waals surface area contributed by atoms with Crippen molar-refractivity contribution < 1.29 is 14.1 Å². The van der Waals surface area contributed by atoms with Crippen molar-refractivity contribution in [2.45, 2.75) is 19.9 Å². The van der Waals surface area contributed by atoms with Crippen molar-refractivity contribution in [2.24, 2.45) is 0 Å². The van der Waals surface area contributed by atoms with E-state index in [2.05, 4.69) is 10.3 Å². The molecular formula is C13H14N4O4. The zero-order chi connectivity index (χ0) is 15.4. The highest BCUT2D eigenvalue weighted by atomic mass is 16.6. The number of benzene rings is 1. The number of hydrogen-bond acceptors (Lipinski definition) is 6. The van der Waals surface area contributed by atoms with Crippen LogP contribution in [0.1, 0.15) is 28.9 Å². The number of carbonyl (C=O) groups excluding carboxylic acids is 1. The third-order valence-corrected chi connectivity index (χ3v) is 2.84. The second-order valence-electron chi connectivity index (χ2n) is 4.26. The lowest BCUT2D eigenvalue weighted by molar-refractivity contribution is -0.384. The lowest BCUT2D eigenvalue weighted by atomic mass is 10.1. The SMILES string of the molecule is CCc1cnc(CNC(=O)c2cccc(N)c2[N+](=O)[O-])o1. The van der Waals surface area contributed by atoms with Crippen LogP contribution in [0.15, 0.2) is 28.8 Å². The zero-order valence-corrected chi connectivity index (χ0v) is 11.3. The average molecular weight is 290 g/mol. The molecule has 1 heterocycles. The maximum atomic E-state index is 12.0. The van der Waals surface area contributed by atoms with Gasteiger partial charge in [-0.1, -0.05) is 13.0 Å². The number of nitrogen functional groups attached to an aromatic ring is 1. The molecule has 0 fully saturated rings. The highest BCUT2D eigenvalue weighted by Gasteiger charge is 2.23. The van der Waals surface area contributed by atoms with E-state index < -0.39 is 16.5 Å². The second kappa shape index (κ2) is 6.04. The van der Waals surface area contributed by atoms with Crippen molar-refractivity contribution in [2.75, 3.05) is 5.73 Å². The third kappa shape index (κ3) is 3.16. The number of nitro groups is 1.